The molecular weight excluding hydrogens is 282 g/mol. The lowest BCUT2D eigenvalue weighted by molar-refractivity contribution is 0.319. The van der Waals surface area contributed by atoms with Gasteiger partial charge in [0, 0.05) is 11.5 Å². The minimum Gasteiger partial charge on any atom is -0.508 e. The van der Waals surface area contributed by atoms with Crippen molar-refractivity contribution in [1.29, 1.82) is 0 Å². The topological polar surface area (TPSA) is 83.0 Å². The van der Waals surface area contributed by atoms with Crippen LogP contribution in [-0.4, -0.2) is 16.0 Å². The molecule has 0 aliphatic carbocycles. The highest BCUT2D eigenvalue weighted by Gasteiger charge is 2.11. The van der Waals surface area contributed by atoms with E-state index in [9.17, 15) is 9.90 Å². The average Bonchev–Trinajstić information content (AvgIpc) is 2.51. The molecule has 0 atom stereocenters. The van der Waals surface area contributed by atoms with Gasteiger partial charge in [0.25, 0.3) is 0 Å². The lowest BCUT2D eigenvalue weighted by Crippen LogP contribution is -2.12. The third-order valence-corrected chi connectivity index (χ3v) is 3.77. The van der Waals surface area contributed by atoms with Crippen LogP contribution in [0.1, 0.15) is 50.7 Å². The van der Waals surface area contributed by atoms with Crippen molar-refractivity contribution in [3.8, 4) is 5.75 Å². The van der Waals surface area contributed by atoms with Crippen molar-refractivity contribution in [3.05, 3.63) is 39.7 Å². The summed E-state index contributed by atoms with van der Waals surface area (Å²) in [6.45, 7) is 3.69. The number of phenolic OH excluding ortho intramolecular Hbond substituents is 1. The maximum absolute atomic E-state index is 11.8. The van der Waals surface area contributed by atoms with Gasteiger partial charge in [-0.25, -0.2) is 4.79 Å². The summed E-state index contributed by atoms with van der Waals surface area (Å²) >= 11 is 0. The Morgan fingerprint density at radius 2 is 2.00 bits per heavy atom. The number of aryl methyl sites for hydroxylation is 1. The van der Waals surface area contributed by atoms with Crippen LogP contribution in [-0.2, 0) is 6.42 Å². The number of hydrogen-bond donors (Lipinski definition) is 2. The normalized spacial score (nSPS) is 12.0. The highest BCUT2D eigenvalue weighted by molar-refractivity contribution is 6.00. The second-order valence-corrected chi connectivity index (χ2v) is 5.46. The van der Waals surface area contributed by atoms with Gasteiger partial charge in [0.15, 0.2) is 0 Å². The molecule has 0 unspecified atom stereocenters. The zero-order valence-electron chi connectivity index (χ0n) is 12.9. The van der Waals surface area contributed by atoms with Crippen molar-refractivity contribution in [3.63, 3.8) is 0 Å². The quantitative estimate of drug-likeness (QED) is 0.279. The second-order valence-electron chi connectivity index (χ2n) is 5.46. The lowest BCUT2D eigenvalue weighted by atomic mass is 10.0. The Labute approximate surface area is 128 Å². The van der Waals surface area contributed by atoms with Crippen LogP contribution in [0.25, 0.3) is 11.0 Å². The molecule has 0 spiro atoms. The predicted octanol–water partition coefficient (Wildman–Crippen LogP) is 3.82. The van der Waals surface area contributed by atoms with Gasteiger partial charge in [-0.05, 0) is 37.5 Å². The van der Waals surface area contributed by atoms with Gasteiger partial charge in [-0.15, -0.1) is 0 Å². The predicted molar refractivity (Wildman–Crippen MR) is 86.0 cm³/mol. The third kappa shape index (κ3) is 3.47. The van der Waals surface area contributed by atoms with E-state index in [0.717, 1.165) is 31.2 Å². The maximum Gasteiger partial charge on any atom is 0.345 e. The summed E-state index contributed by atoms with van der Waals surface area (Å²) in [5.41, 5.74) is 1.00. The van der Waals surface area contributed by atoms with E-state index in [-0.39, 0.29) is 17.0 Å². The fourth-order valence-electron chi connectivity index (χ4n) is 2.45. The molecule has 1 aromatic carbocycles. The van der Waals surface area contributed by atoms with Crippen molar-refractivity contribution in [2.75, 3.05) is 0 Å². The van der Waals surface area contributed by atoms with Crippen molar-refractivity contribution in [2.45, 2.75) is 46.0 Å². The van der Waals surface area contributed by atoms with Crippen LogP contribution in [0.4, 0.5) is 0 Å². The Hall–Kier alpha value is -2.30. The van der Waals surface area contributed by atoms with Gasteiger partial charge in [0.1, 0.15) is 11.3 Å². The Kier molecular flexibility index (Phi) is 5.20. The van der Waals surface area contributed by atoms with Gasteiger partial charge < -0.3 is 14.7 Å². The Morgan fingerprint density at radius 3 is 2.68 bits per heavy atom. The average molecular weight is 303 g/mol. The van der Waals surface area contributed by atoms with E-state index in [1.807, 2.05) is 6.07 Å². The number of rotatable bonds is 6. The van der Waals surface area contributed by atoms with Crippen LogP contribution >= 0.6 is 0 Å². The molecule has 0 fully saturated rings. The first-order valence-corrected chi connectivity index (χ1v) is 7.55. The zero-order chi connectivity index (χ0) is 16.1. The third-order valence-electron chi connectivity index (χ3n) is 3.77. The lowest BCUT2D eigenvalue weighted by Gasteiger charge is -2.07. The molecule has 1 heterocycles. The van der Waals surface area contributed by atoms with Crippen LogP contribution in [0.5, 0.6) is 5.75 Å². The van der Waals surface area contributed by atoms with Crippen LogP contribution in [0.2, 0.25) is 0 Å². The van der Waals surface area contributed by atoms with Crippen LogP contribution < -0.4 is 5.63 Å². The van der Waals surface area contributed by atoms with Gasteiger partial charge in [-0.1, -0.05) is 31.3 Å². The Bertz CT molecular complexity index is 746. The van der Waals surface area contributed by atoms with E-state index < -0.39 is 5.63 Å². The fourth-order valence-corrected chi connectivity index (χ4v) is 2.45. The van der Waals surface area contributed by atoms with Gasteiger partial charge in [0.2, 0.25) is 0 Å². The number of hydrogen-bond acceptors (Lipinski definition) is 5. The summed E-state index contributed by atoms with van der Waals surface area (Å²) in [6.07, 6.45) is 5.26. The molecule has 0 aliphatic rings. The van der Waals surface area contributed by atoms with Crippen molar-refractivity contribution in [1.82, 2.24) is 0 Å². The number of aromatic hydroxyl groups is 1. The molecule has 0 saturated heterocycles. The monoisotopic (exact) mass is 303 g/mol. The number of unbranched alkanes of at least 4 members (excludes halogenated alkanes) is 3. The van der Waals surface area contributed by atoms with Crippen molar-refractivity contribution in [2.24, 2.45) is 5.16 Å². The molecule has 0 saturated carbocycles. The highest BCUT2D eigenvalue weighted by Crippen LogP contribution is 2.26. The van der Waals surface area contributed by atoms with Gasteiger partial charge >= 0.3 is 5.63 Å². The van der Waals surface area contributed by atoms with Crippen LogP contribution in [0.3, 0.4) is 0 Å². The zero-order valence-corrected chi connectivity index (χ0v) is 12.9. The fraction of sp³-hybridized carbons (Fsp3) is 0.412. The summed E-state index contributed by atoms with van der Waals surface area (Å²) in [7, 11) is 0. The summed E-state index contributed by atoms with van der Waals surface area (Å²) in [4.78, 5) is 11.8. The molecule has 2 rings (SSSR count). The van der Waals surface area contributed by atoms with Gasteiger partial charge in [-0.3, -0.25) is 0 Å². The minimum atomic E-state index is -0.585. The van der Waals surface area contributed by atoms with Crippen molar-refractivity contribution < 1.29 is 14.7 Å². The molecule has 5 nitrogen and oxygen atoms in total. The molecule has 22 heavy (non-hydrogen) atoms. The first-order chi connectivity index (χ1) is 10.6. The van der Waals surface area contributed by atoms with E-state index in [4.69, 9.17) is 9.62 Å². The maximum atomic E-state index is 11.8. The van der Waals surface area contributed by atoms with E-state index in [0.29, 0.717) is 11.0 Å². The molecule has 0 aliphatic heterocycles. The molecule has 5 heteroatoms. The van der Waals surface area contributed by atoms with Gasteiger partial charge in [-0.2, -0.15) is 0 Å². The smallest absolute Gasteiger partial charge is 0.345 e. The second kappa shape index (κ2) is 7.11. The van der Waals surface area contributed by atoms with Gasteiger partial charge in [0.05, 0.1) is 11.3 Å². The first-order valence-electron chi connectivity index (χ1n) is 7.55. The molecule has 0 amide bonds. The molecule has 118 valence electrons. The number of benzene rings is 1. The molecule has 1 aromatic heterocycles. The van der Waals surface area contributed by atoms with E-state index >= 15 is 0 Å². The molecule has 2 N–H and O–H groups in total. The van der Waals surface area contributed by atoms with E-state index in [2.05, 4.69) is 12.1 Å². The molecular formula is C17H21NO4. The standard InChI is InChI=1S/C17H21NO4/c1-3-4-5-6-7-12-8-13-9-14(11(2)18-21)17(20)22-16(13)10-15(12)19/h8-10,19,21H,3-7H2,1-2H3. The van der Waals surface area contributed by atoms with Crippen LogP contribution in [0.15, 0.2) is 32.6 Å². The number of oxime groups is 1. The SMILES string of the molecule is CCCCCCc1cc2cc(C(C)=NO)c(=O)oc2cc1O. The largest absolute Gasteiger partial charge is 0.508 e. The molecule has 0 radical (unpaired) electrons. The minimum absolute atomic E-state index is 0.146. The Balaban J connectivity index is 2.38. The first kappa shape index (κ1) is 16.1. The Morgan fingerprint density at radius 1 is 1.23 bits per heavy atom. The number of nitrogens with zero attached hydrogens (tertiary/aromatic N) is 1. The number of phenols is 1. The van der Waals surface area contributed by atoms with Crippen molar-refractivity contribution >= 4 is 16.7 Å². The van der Waals surface area contributed by atoms with E-state index in [1.54, 1.807) is 6.07 Å². The van der Waals surface area contributed by atoms with Crippen LogP contribution in [0, 0.1) is 0 Å². The highest BCUT2D eigenvalue weighted by atomic mass is 16.4. The summed E-state index contributed by atoms with van der Waals surface area (Å²) in [5, 5.41) is 22.6. The summed E-state index contributed by atoms with van der Waals surface area (Å²) in [5.74, 6) is 0.146. The van der Waals surface area contributed by atoms with E-state index in [1.165, 1.54) is 19.4 Å². The number of fused-ring (bicyclic) bond motifs is 1. The summed E-state index contributed by atoms with van der Waals surface area (Å²) in [6, 6.07) is 4.93. The molecule has 2 aromatic rings. The summed E-state index contributed by atoms with van der Waals surface area (Å²) < 4.78 is 5.19. The molecule has 0 bridgehead atoms.